The molecule has 1 unspecified atom stereocenters. The SMILES string of the molecule is Cc1ccc(C(C#N)CCOc2ccc3ccccc3c2)cc1. The highest BCUT2D eigenvalue weighted by atomic mass is 16.5. The van der Waals surface area contributed by atoms with Gasteiger partial charge in [0.05, 0.1) is 18.6 Å². The summed E-state index contributed by atoms with van der Waals surface area (Å²) in [5, 5.41) is 11.8. The van der Waals surface area contributed by atoms with Crippen molar-refractivity contribution in [1.29, 1.82) is 5.26 Å². The zero-order chi connectivity index (χ0) is 16.1. The van der Waals surface area contributed by atoms with E-state index in [0.29, 0.717) is 13.0 Å². The lowest BCUT2D eigenvalue weighted by atomic mass is 9.97. The van der Waals surface area contributed by atoms with Crippen LogP contribution < -0.4 is 4.74 Å². The average Bonchev–Trinajstić information content (AvgIpc) is 2.60. The van der Waals surface area contributed by atoms with Gasteiger partial charge in [-0.3, -0.25) is 0 Å². The van der Waals surface area contributed by atoms with Crippen LogP contribution in [0.25, 0.3) is 10.8 Å². The molecule has 23 heavy (non-hydrogen) atoms. The van der Waals surface area contributed by atoms with Crippen LogP contribution in [0.15, 0.2) is 66.7 Å². The third-order valence-electron chi connectivity index (χ3n) is 4.03. The normalized spacial score (nSPS) is 11.8. The summed E-state index contributed by atoms with van der Waals surface area (Å²) in [6.45, 7) is 2.58. The molecule has 0 heterocycles. The fourth-order valence-corrected chi connectivity index (χ4v) is 2.66. The number of hydrogen-bond donors (Lipinski definition) is 0. The molecule has 0 aliphatic carbocycles. The molecular weight excluding hydrogens is 282 g/mol. The van der Waals surface area contributed by atoms with E-state index in [1.165, 1.54) is 16.3 Å². The van der Waals surface area contributed by atoms with Crippen LogP contribution in [-0.4, -0.2) is 6.61 Å². The fourth-order valence-electron chi connectivity index (χ4n) is 2.66. The monoisotopic (exact) mass is 301 g/mol. The van der Waals surface area contributed by atoms with Crippen molar-refractivity contribution in [2.24, 2.45) is 0 Å². The molecule has 0 N–H and O–H groups in total. The lowest BCUT2D eigenvalue weighted by Gasteiger charge is -2.11. The quantitative estimate of drug-likeness (QED) is 0.647. The van der Waals surface area contributed by atoms with Crippen molar-refractivity contribution < 1.29 is 4.74 Å². The highest BCUT2D eigenvalue weighted by Gasteiger charge is 2.10. The minimum Gasteiger partial charge on any atom is -0.494 e. The number of hydrogen-bond acceptors (Lipinski definition) is 2. The van der Waals surface area contributed by atoms with Gasteiger partial charge >= 0.3 is 0 Å². The first-order chi connectivity index (χ1) is 11.3. The van der Waals surface area contributed by atoms with Crippen LogP contribution >= 0.6 is 0 Å². The molecule has 0 fully saturated rings. The van der Waals surface area contributed by atoms with Crippen molar-refractivity contribution in [2.75, 3.05) is 6.61 Å². The summed E-state index contributed by atoms with van der Waals surface area (Å²) >= 11 is 0. The summed E-state index contributed by atoms with van der Waals surface area (Å²) in [5.41, 5.74) is 2.26. The van der Waals surface area contributed by atoms with E-state index >= 15 is 0 Å². The van der Waals surface area contributed by atoms with Crippen molar-refractivity contribution in [3.8, 4) is 11.8 Å². The molecule has 0 spiro atoms. The molecule has 1 atom stereocenters. The van der Waals surface area contributed by atoms with Crippen LogP contribution in [-0.2, 0) is 0 Å². The largest absolute Gasteiger partial charge is 0.494 e. The molecule has 0 saturated heterocycles. The van der Waals surface area contributed by atoms with E-state index in [2.05, 4.69) is 24.3 Å². The van der Waals surface area contributed by atoms with Gasteiger partial charge in [-0.1, -0.05) is 60.2 Å². The van der Waals surface area contributed by atoms with E-state index < -0.39 is 0 Å². The third-order valence-corrected chi connectivity index (χ3v) is 4.03. The first-order valence-corrected chi connectivity index (χ1v) is 7.84. The second-order valence-electron chi connectivity index (χ2n) is 5.74. The topological polar surface area (TPSA) is 33.0 Å². The van der Waals surface area contributed by atoms with E-state index in [1.54, 1.807) is 0 Å². The van der Waals surface area contributed by atoms with Gasteiger partial charge in [0, 0.05) is 6.42 Å². The van der Waals surface area contributed by atoms with Crippen LogP contribution in [0.1, 0.15) is 23.5 Å². The lowest BCUT2D eigenvalue weighted by molar-refractivity contribution is 0.306. The Morgan fingerprint density at radius 3 is 2.43 bits per heavy atom. The molecular formula is C21H19NO. The van der Waals surface area contributed by atoms with E-state index in [1.807, 2.05) is 55.5 Å². The Labute approximate surface area is 137 Å². The van der Waals surface area contributed by atoms with Crippen molar-refractivity contribution in [2.45, 2.75) is 19.3 Å². The number of benzene rings is 3. The van der Waals surface area contributed by atoms with E-state index in [0.717, 1.165) is 11.3 Å². The number of aryl methyl sites for hydroxylation is 1. The van der Waals surface area contributed by atoms with Crippen molar-refractivity contribution in [3.05, 3.63) is 77.9 Å². The van der Waals surface area contributed by atoms with Crippen molar-refractivity contribution >= 4 is 10.8 Å². The molecule has 3 aromatic carbocycles. The first kappa shape index (κ1) is 15.1. The Morgan fingerprint density at radius 1 is 0.957 bits per heavy atom. The smallest absolute Gasteiger partial charge is 0.119 e. The standard InChI is InChI=1S/C21H19NO/c1-16-6-8-18(9-7-16)20(15-22)12-13-23-21-11-10-17-4-2-3-5-19(17)14-21/h2-11,14,20H,12-13H2,1H3. The molecule has 0 bridgehead atoms. The third kappa shape index (κ3) is 3.70. The molecule has 114 valence electrons. The second kappa shape index (κ2) is 6.98. The molecule has 0 saturated carbocycles. The fraction of sp³-hybridized carbons (Fsp3) is 0.190. The van der Waals surface area contributed by atoms with Crippen molar-refractivity contribution in [3.63, 3.8) is 0 Å². The van der Waals surface area contributed by atoms with E-state index in [4.69, 9.17) is 4.74 Å². The van der Waals surface area contributed by atoms with Crippen LogP contribution in [0.3, 0.4) is 0 Å². The second-order valence-corrected chi connectivity index (χ2v) is 5.74. The van der Waals surface area contributed by atoms with Gasteiger partial charge in [0.1, 0.15) is 5.75 Å². The lowest BCUT2D eigenvalue weighted by Crippen LogP contribution is -2.04. The van der Waals surface area contributed by atoms with Gasteiger partial charge in [0.2, 0.25) is 0 Å². The minimum atomic E-state index is -0.129. The summed E-state index contributed by atoms with van der Waals surface area (Å²) in [7, 11) is 0. The number of fused-ring (bicyclic) bond motifs is 1. The first-order valence-electron chi connectivity index (χ1n) is 7.84. The Hall–Kier alpha value is -2.79. The van der Waals surface area contributed by atoms with Gasteiger partial charge in [0.15, 0.2) is 0 Å². The predicted octanol–water partition coefficient (Wildman–Crippen LogP) is 5.22. The summed E-state index contributed by atoms with van der Waals surface area (Å²) < 4.78 is 5.84. The molecule has 2 heteroatoms. The maximum atomic E-state index is 9.38. The van der Waals surface area contributed by atoms with Gasteiger partial charge in [-0.25, -0.2) is 0 Å². The number of nitriles is 1. The van der Waals surface area contributed by atoms with Gasteiger partial charge in [-0.2, -0.15) is 5.26 Å². The van der Waals surface area contributed by atoms with Crippen LogP contribution in [0, 0.1) is 18.3 Å². The predicted molar refractivity (Wildman–Crippen MR) is 93.6 cm³/mol. The van der Waals surface area contributed by atoms with E-state index in [-0.39, 0.29) is 5.92 Å². The molecule has 0 radical (unpaired) electrons. The summed E-state index contributed by atoms with van der Waals surface area (Å²) in [6.07, 6.45) is 0.687. The minimum absolute atomic E-state index is 0.129. The average molecular weight is 301 g/mol. The number of ether oxygens (including phenoxy) is 1. The molecule has 0 aliphatic heterocycles. The van der Waals surface area contributed by atoms with Gasteiger partial charge in [-0.05, 0) is 35.4 Å². The zero-order valence-corrected chi connectivity index (χ0v) is 13.2. The number of nitrogens with zero attached hydrogens (tertiary/aromatic N) is 1. The number of rotatable bonds is 5. The summed E-state index contributed by atoms with van der Waals surface area (Å²) in [5.74, 6) is 0.723. The van der Waals surface area contributed by atoms with Crippen molar-refractivity contribution in [1.82, 2.24) is 0 Å². The molecule has 2 nitrogen and oxygen atoms in total. The van der Waals surface area contributed by atoms with Crippen LogP contribution in [0.2, 0.25) is 0 Å². The van der Waals surface area contributed by atoms with Crippen LogP contribution in [0.5, 0.6) is 5.75 Å². The summed E-state index contributed by atoms with van der Waals surface area (Å²) in [6, 6.07) is 24.8. The maximum absolute atomic E-state index is 9.38. The Morgan fingerprint density at radius 2 is 1.70 bits per heavy atom. The Balaban J connectivity index is 1.63. The maximum Gasteiger partial charge on any atom is 0.119 e. The highest BCUT2D eigenvalue weighted by Crippen LogP contribution is 2.23. The van der Waals surface area contributed by atoms with E-state index in [9.17, 15) is 5.26 Å². The molecule has 0 aliphatic rings. The Bertz CT molecular complexity index is 830. The molecule has 0 amide bonds. The van der Waals surface area contributed by atoms with Crippen LogP contribution in [0.4, 0.5) is 0 Å². The highest BCUT2D eigenvalue weighted by molar-refractivity contribution is 5.83. The van der Waals surface area contributed by atoms with Gasteiger partial charge in [0.25, 0.3) is 0 Å². The Kier molecular flexibility index (Phi) is 4.59. The molecule has 3 rings (SSSR count). The van der Waals surface area contributed by atoms with Gasteiger partial charge < -0.3 is 4.74 Å². The summed E-state index contributed by atoms with van der Waals surface area (Å²) in [4.78, 5) is 0. The molecule has 3 aromatic rings. The van der Waals surface area contributed by atoms with Gasteiger partial charge in [-0.15, -0.1) is 0 Å². The molecule has 0 aromatic heterocycles. The zero-order valence-electron chi connectivity index (χ0n) is 13.2.